The van der Waals surface area contributed by atoms with E-state index in [2.05, 4.69) is 0 Å². The maximum absolute atomic E-state index is 10.7. The SMILES string of the molecule is COc1cc(CCCCS(=O)(=O)O)ccc1OCc1ccccc1. The Balaban J connectivity index is 1.92. The molecule has 24 heavy (non-hydrogen) atoms. The van der Waals surface area contributed by atoms with Crippen molar-refractivity contribution < 1.29 is 22.4 Å². The van der Waals surface area contributed by atoms with Gasteiger partial charge in [-0.3, -0.25) is 4.55 Å². The van der Waals surface area contributed by atoms with Crippen molar-refractivity contribution in [1.29, 1.82) is 0 Å². The zero-order chi connectivity index (χ0) is 17.4. The van der Waals surface area contributed by atoms with E-state index in [1.54, 1.807) is 7.11 Å². The number of methoxy groups -OCH3 is 1. The Labute approximate surface area is 143 Å². The van der Waals surface area contributed by atoms with Crippen molar-refractivity contribution in [3.05, 3.63) is 59.7 Å². The van der Waals surface area contributed by atoms with Crippen molar-refractivity contribution in [2.75, 3.05) is 12.9 Å². The first-order valence-electron chi connectivity index (χ1n) is 7.77. The van der Waals surface area contributed by atoms with E-state index >= 15 is 0 Å². The highest BCUT2D eigenvalue weighted by Crippen LogP contribution is 2.29. The summed E-state index contributed by atoms with van der Waals surface area (Å²) in [6.45, 7) is 0.463. The minimum atomic E-state index is -3.88. The van der Waals surface area contributed by atoms with Gasteiger partial charge in [0.2, 0.25) is 0 Å². The summed E-state index contributed by atoms with van der Waals surface area (Å²) < 4.78 is 41.3. The molecule has 0 spiro atoms. The molecule has 2 aromatic carbocycles. The van der Waals surface area contributed by atoms with Gasteiger partial charge in [-0.15, -0.1) is 0 Å². The van der Waals surface area contributed by atoms with E-state index in [-0.39, 0.29) is 5.75 Å². The average Bonchev–Trinajstić information content (AvgIpc) is 2.57. The monoisotopic (exact) mass is 350 g/mol. The Bertz CT molecular complexity index is 741. The second kappa shape index (κ2) is 8.70. The average molecular weight is 350 g/mol. The fraction of sp³-hybridized carbons (Fsp3) is 0.333. The van der Waals surface area contributed by atoms with Crippen LogP contribution in [0.1, 0.15) is 24.0 Å². The van der Waals surface area contributed by atoms with Gasteiger partial charge in [-0.25, -0.2) is 0 Å². The van der Waals surface area contributed by atoms with Gasteiger partial charge in [0, 0.05) is 0 Å². The lowest BCUT2D eigenvalue weighted by atomic mass is 10.1. The maximum atomic E-state index is 10.7. The van der Waals surface area contributed by atoms with E-state index in [0.717, 1.165) is 11.1 Å². The number of hydrogen-bond acceptors (Lipinski definition) is 4. The van der Waals surface area contributed by atoms with Gasteiger partial charge in [0.05, 0.1) is 12.9 Å². The zero-order valence-corrected chi connectivity index (χ0v) is 14.5. The first-order chi connectivity index (χ1) is 11.5. The van der Waals surface area contributed by atoms with Crippen molar-refractivity contribution in [1.82, 2.24) is 0 Å². The highest BCUT2D eigenvalue weighted by atomic mass is 32.2. The Morgan fingerprint density at radius 2 is 1.71 bits per heavy atom. The number of ether oxygens (including phenoxy) is 2. The molecule has 0 heterocycles. The molecule has 0 aromatic heterocycles. The normalized spacial score (nSPS) is 11.2. The van der Waals surface area contributed by atoms with Crippen LogP contribution < -0.4 is 9.47 Å². The molecule has 0 saturated heterocycles. The lowest BCUT2D eigenvalue weighted by Crippen LogP contribution is -2.04. The van der Waals surface area contributed by atoms with Gasteiger partial charge in [0.1, 0.15) is 6.61 Å². The van der Waals surface area contributed by atoms with Crippen molar-refractivity contribution in [2.45, 2.75) is 25.9 Å². The van der Waals surface area contributed by atoms with E-state index in [1.807, 2.05) is 48.5 Å². The predicted molar refractivity (Wildman–Crippen MR) is 93.1 cm³/mol. The molecular formula is C18H22O5S. The van der Waals surface area contributed by atoms with E-state index in [0.29, 0.717) is 37.4 Å². The van der Waals surface area contributed by atoms with Crippen LogP contribution >= 0.6 is 0 Å². The lowest BCUT2D eigenvalue weighted by molar-refractivity contribution is 0.284. The molecule has 0 aliphatic heterocycles. The Morgan fingerprint density at radius 3 is 2.38 bits per heavy atom. The van der Waals surface area contributed by atoms with Gasteiger partial charge < -0.3 is 9.47 Å². The topological polar surface area (TPSA) is 72.8 Å². The fourth-order valence-corrected chi connectivity index (χ4v) is 2.90. The molecule has 2 rings (SSSR count). The summed E-state index contributed by atoms with van der Waals surface area (Å²) in [5, 5.41) is 0. The number of unbranched alkanes of at least 4 members (excludes halogenated alkanes) is 1. The van der Waals surface area contributed by atoms with Crippen molar-refractivity contribution >= 4 is 10.1 Å². The molecule has 0 amide bonds. The highest BCUT2D eigenvalue weighted by molar-refractivity contribution is 7.85. The van der Waals surface area contributed by atoms with E-state index in [9.17, 15) is 8.42 Å². The van der Waals surface area contributed by atoms with Crippen LogP contribution in [0.15, 0.2) is 48.5 Å². The molecular weight excluding hydrogens is 328 g/mol. The molecule has 0 aliphatic rings. The summed E-state index contributed by atoms with van der Waals surface area (Å²) in [4.78, 5) is 0. The van der Waals surface area contributed by atoms with E-state index in [4.69, 9.17) is 14.0 Å². The Morgan fingerprint density at radius 1 is 0.958 bits per heavy atom. The van der Waals surface area contributed by atoms with Gasteiger partial charge in [0.15, 0.2) is 11.5 Å². The molecule has 5 nitrogen and oxygen atoms in total. The molecule has 1 N–H and O–H groups in total. The second-order valence-electron chi connectivity index (χ2n) is 5.50. The maximum Gasteiger partial charge on any atom is 0.264 e. The molecule has 0 radical (unpaired) electrons. The molecule has 0 fully saturated rings. The van der Waals surface area contributed by atoms with Crippen LogP contribution in [-0.2, 0) is 23.1 Å². The molecule has 0 unspecified atom stereocenters. The third kappa shape index (κ3) is 6.22. The molecule has 0 saturated carbocycles. The summed E-state index contributed by atoms with van der Waals surface area (Å²) in [5.41, 5.74) is 2.11. The first kappa shape index (κ1) is 18.3. The minimum absolute atomic E-state index is 0.206. The summed E-state index contributed by atoms with van der Waals surface area (Å²) >= 11 is 0. The van der Waals surface area contributed by atoms with Crippen LogP contribution in [0.3, 0.4) is 0 Å². The number of rotatable bonds is 9. The third-order valence-corrected chi connectivity index (χ3v) is 4.39. The standard InChI is InChI=1S/C18H22O5S/c1-22-18-13-15(7-5-6-12-24(19,20)21)10-11-17(18)23-14-16-8-3-2-4-9-16/h2-4,8-11,13H,5-7,12,14H2,1H3,(H,19,20,21). The molecule has 0 atom stereocenters. The number of benzene rings is 2. The van der Waals surface area contributed by atoms with Gasteiger partial charge in [-0.1, -0.05) is 36.4 Å². The highest BCUT2D eigenvalue weighted by Gasteiger charge is 2.08. The van der Waals surface area contributed by atoms with Crippen molar-refractivity contribution in [3.63, 3.8) is 0 Å². The smallest absolute Gasteiger partial charge is 0.264 e. The number of aryl methyl sites for hydroxylation is 1. The van der Waals surface area contributed by atoms with Crippen molar-refractivity contribution in [2.24, 2.45) is 0 Å². The van der Waals surface area contributed by atoms with Gasteiger partial charge >= 0.3 is 0 Å². The van der Waals surface area contributed by atoms with Gasteiger partial charge in [-0.05, 0) is 42.5 Å². The second-order valence-corrected chi connectivity index (χ2v) is 7.07. The molecule has 6 heteroatoms. The number of hydrogen-bond donors (Lipinski definition) is 1. The molecule has 130 valence electrons. The van der Waals surface area contributed by atoms with E-state index in [1.165, 1.54) is 0 Å². The minimum Gasteiger partial charge on any atom is -0.493 e. The van der Waals surface area contributed by atoms with Crippen LogP contribution in [-0.4, -0.2) is 25.8 Å². The van der Waals surface area contributed by atoms with E-state index < -0.39 is 10.1 Å². The molecule has 0 aliphatic carbocycles. The van der Waals surface area contributed by atoms with Crippen LogP contribution in [0.2, 0.25) is 0 Å². The fourth-order valence-electron chi connectivity index (χ4n) is 2.34. The predicted octanol–water partition coefficient (Wildman–Crippen LogP) is 3.48. The summed E-state index contributed by atoms with van der Waals surface area (Å²) in [6, 6.07) is 15.6. The first-order valence-corrected chi connectivity index (χ1v) is 9.37. The molecule has 0 bridgehead atoms. The largest absolute Gasteiger partial charge is 0.493 e. The molecule has 2 aromatic rings. The Hall–Kier alpha value is -2.05. The quantitative estimate of drug-likeness (QED) is 0.554. The third-order valence-electron chi connectivity index (χ3n) is 3.58. The van der Waals surface area contributed by atoms with Crippen molar-refractivity contribution in [3.8, 4) is 11.5 Å². The Kier molecular flexibility index (Phi) is 6.63. The zero-order valence-electron chi connectivity index (χ0n) is 13.6. The summed E-state index contributed by atoms with van der Waals surface area (Å²) in [5.74, 6) is 1.11. The van der Waals surface area contributed by atoms with Crippen LogP contribution in [0.5, 0.6) is 11.5 Å². The summed E-state index contributed by atoms with van der Waals surface area (Å²) in [7, 11) is -2.29. The van der Waals surface area contributed by atoms with Crippen LogP contribution in [0, 0.1) is 0 Å². The van der Waals surface area contributed by atoms with Crippen LogP contribution in [0.25, 0.3) is 0 Å². The summed E-state index contributed by atoms with van der Waals surface area (Å²) in [6.07, 6.45) is 1.81. The van der Waals surface area contributed by atoms with Crippen LogP contribution in [0.4, 0.5) is 0 Å². The van der Waals surface area contributed by atoms with Gasteiger partial charge in [0.25, 0.3) is 10.1 Å². The van der Waals surface area contributed by atoms with Gasteiger partial charge in [-0.2, -0.15) is 8.42 Å². The lowest BCUT2D eigenvalue weighted by Gasteiger charge is -2.12.